The van der Waals surface area contributed by atoms with Crippen molar-refractivity contribution in [2.24, 2.45) is 0 Å². The van der Waals surface area contributed by atoms with Crippen LogP contribution in [0.5, 0.6) is 5.75 Å². The van der Waals surface area contributed by atoms with Crippen molar-refractivity contribution in [2.45, 2.75) is 13.3 Å². The molecule has 0 saturated carbocycles. The number of ether oxygens (including phenoxy) is 1. The molecule has 0 radical (unpaired) electrons. The fourth-order valence-corrected chi connectivity index (χ4v) is 3.93. The standard InChI is InChI=1S/C15H13NO2S2/c1-2-4-18-11-6-10(8-16-9-11)15(17)14-7-13-12(20-14)3-5-19-13/h3,5-9H,2,4H2,1H3. The second-order valence-electron chi connectivity index (χ2n) is 4.35. The number of fused-ring (bicyclic) bond motifs is 1. The molecule has 0 atom stereocenters. The maximum absolute atomic E-state index is 12.5. The number of rotatable bonds is 5. The number of thiophene rings is 2. The van der Waals surface area contributed by atoms with Crippen LogP contribution in [-0.4, -0.2) is 17.4 Å². The van der Waals surface area contributed by atoms with E-state index in [1.165, 1.54) is 11.3 Å². The lowest BCUT2D eigenvalue weighted by Gasteiger charge is -2.05. The molecule has 3 aromatic heterocycles. The first kappa shape index (κ1) is 13.3. The summed E-state index contributed by atoms with van der Waals surface area (Å²) in [6, 6.07) is 5.76. The molecule has 3 heterocycles. The fourth-order valence-electron chi connectivity index (χ4n) is 1.86. The van der Waals surface area contributed by atoms with Crippen LogP contribution >= 0.6 is 22.7 Å². The highest BCUT2D eigenvalue weighted by atomic mass is 32.1. The summed E-state index contributed by atoms with van der Waals surface area (Å²) in [5.41, 5.74) is 0.576. The summed E-state index contributed by atoms with van der Waals surface area (Å²) in [7, 11) is 0. The Morgan fingerprint density at radius 2 is 2.20 bits per heavy atom. The lowest BCUT2D eigenvalue weighted by atomic mass is 10.1. The van der Waals surface area contributed by atoms with Gasteiger partial charge in [0, 0.05) is 21.2 Å². The van der Waals surface area contributed by atoms with Gasteiger partial charge < -0.3 is 4.74 Å². The first-order valence-electron chi connectivity index (χ1n) is 6.37. The van der Waals surface area contributed by atoms with E-state index >= 15 is 0 Å². The third-order valence-corrected chi connectivity index (χ3v) is 4.90. The Hall–Kier alpha value is -1.72. The fraction of sp³-hybridized carbons (Fsp3) is 0.200. The molecular weight excluding hydrogens is 290 g/mol. The minimum atomic E-state index is 0.00727. The molecule has 0 aliphatic rings. The number of nitrogens with zero attached hydrogens (tertiary/aromatic N) is 1. The summed E-state index contributed by atoms with van der Waals surface area (Å²) < 4.78 is 7.83. The highest BCUT2D eigenvalue weighted by Gasteiger charge is 2.14. The van der Waals surface area contributed by atoms with E-state index in [1.807, 2.05) is 24.4 Å². The molecule has 0 aliphatic heterocycles. The smallest absolute Gasteiger partial charge is 0.204 e. The molecule has 5 heteroatoms. The molecule has 0 N–H and O–H groups in total. The molecule has 0 spiro atoms. The Morgan fingerprint density at radius 1 is 1.30 bits per heavy atom. The van der Waals surface area contributed by atoms with Crippen LogP contribution in [0.1, 0.15) is 28.6 Å². The summed E-state index contributed by atoms with van der Waals surface area (Å²) in [5.74, 6) is 0.656. The molecule has 0 fully saturated rings. The maximum Gasteiger partial charge on any atom is 0.204 e. The summed E-state index contributed by atoms with van der Waals surface area (Å²) in [6.07, 6.45) is 4.16. The zero-order chi connectivity index (χ0) is 13.9. The molecule has 3 nitrogen and oxygen atoms in total. The third kappa shape index (κ3) is 2.59. The zero-order valence-electron chi connectivity index (χ0n) is 11.0. The average molecular weight is 303 g/mol. The van der Waals surface area contributed by atoms with Crippen molar-refractivity contribution in [2.75, 3.05) is 6.61 Å². The predicted octanol–water partition coefficient (Wildman–Crippen LogP) is 4.38. The van der Waals surface area contributed by atoms with Gasteiger partial charge in [-0.15, -0.1) is 22.7 Å². The molecule has 0 aliphatic carbocycles. The summed E-state index contributed by atoms with van der Waals surface area (Å²) in [6.45, 7) is 2.68. The normalized spacial score (nSPS) is 10.8. The van der Waals surface area contributed by atoms with Gasteiger partial charge in [0.1, 0.15) is 5.75 Å². The summed E-state index contributed by atoms with van der Waals surface area (Å²) >= 11 is 3.18. The number of hydrogen-bond donors (Lipinski definition) is 0. The Morgan fingerprint density at radius 3 is 3.00 bits per heavy atom. The van der Waals surface area contributed by atoms with Crippen LogP contribution in [-0.2, 0) is 0 Å². The van der Waals surface area contributed by atoms with Gasteiger partial charge in [0.2, 0.25) is 5.78 Å². The molecule has 3 rings (SSSR count). The van der Waals surface area contributed by atoms with E-state index < -0.39 is 0 Å². The van der Waals surface area contributed by atoms with E-state index in [0.717, 1.165) is 20.7 Å². The molecule has 0 bridgehead atoms. The van der Waals surface area contributed by atoms with Crippen LogP contribution in [0.4, 0.5) is 0 Å². The van der Waals surface area contributed by atoms with Crippen molar-refractivity contribution in [3.63, 3.8) is 0 Å². The third-order valence-electron chi connectivity index (χ3n) is 2.81. The topological polar surface area (TPSA) is 39.2 Å². The second-order valence-corrected chi connectivity index (χ2v) is 6.38. The van der Waals surface area contributed by atoms with Crippen molar-refractivity contribution in [1.82, 2.24) is 4.98 Å². The van der Waals surface area contributed by atoms with Gasteiger partial charge in [0.25, 0.3) is 0 Å². The number of ketones is 1. The van der Waals surface area contributed by atoms with Crippen LogP contribution < -0.4 is 4.74 Å². The van der Waals surface area contributed by atoms with Crippen LogP contribution in [0, 0.1) is 0 Å². The van der Waals surface area contributed by atoms with Gasteiger partial charge in [-0.1, -0.05) is 6.92 Å². The van der Waals surface area contributed by atoms with Gasteiger partial charge in [-0.05, 0) is 30.0 Å². The van der Waals surface area contributed by atoms with E-state index in [4.69, 9.17) is 4.74 Å². The number of aromatic nitrogens is 1. The summed E-state index contributed by atoms with van der Waals surface area (Å²) in [4.78, 5) is 17.3. The molecule has 3 aromatic rings. The minimum absolute atomic E-state index is 0.00727. The number of carbonyl (C=O) groups is 1. The van der Waals surface area contributed by atoms with Crippen LogP contribution in [0.25, 0.3) is 9.40 Å². The van der Waals surface area contributed by atoms with Gasteiger partial charge in [-0.25, -0.2) is 0 Å². The number of pyridine rings is 1. The largest absolute Gasteiger partial charge is 0.492 e. The van der Waals surface area contributed by atoms with Crippen LogP contribution in [0.15, 0.2) is 36.0 Å². The first-order chi connectivity index (χ1) is 9.78. The monoisotopic (exact) mass is 303 g/mol. The van der Waals surface area contributed by atoms with E-state index in [1.54, 1.807) is 29.8 Å². The van der Waals surface area contributed by atoms with Crippen molar-refractivity contribution in [3.8, 4) is 5.75 Å². The molecule has 20 heavy (non-hydrogen) atoms. The predicted molar refractivity (Wildman–Crippen MR) is 83.2 cm³/mol. The van der Waals surface area contributed by atoms with E-state index in [9.17, 15) is 4.79 Å². The zero-order valence-corrected chi connectivity index (χ0v) is 12.6. The Balaban J connectivity index is 1.87. The number of hydrogen-bond acceptors (Lipinski definition) is 5. The highest BCUT2D eigenvalue weighted by molar-refractivity contribution is 7.28. The lowest BCUT2D eigenvalue weighted by molar-refractivity contribution is 0.104. The molecule has 0 saturated heterocycles. The van der Waals surface area contributed by atoms with Gasteiger partial charge >= 0.3 is 0 Å². The van der Waals surface area contributed by atoms with Crippen molar-refractivity contribution >= 4 is 37.9 Å². The first-order valence-corrected chi connectivity index (χ1v) is 8.07. The Kier molecular flexibility index (Phi) is 3.80. The van der Waals surface area contributed by atoms with Gasteiger partial charge in [-0.3, -0.25) is 9.78 Å². The SMILES string of the molecule is CCCOc1cncc(C(=O)c2cc3sccc3s2)c1. The van der Waals surface area contributed by atoms with Crippen molar-refractivity contribution in [1.29, 1.82) is 0 Å². The van der Waals surface area contributed by atoms with Crippen LogP contribution in [0.3, 0.4) is 0 Å². The average Bonchev–Trinajstić information content (AvgIpc) is 3.06. The molecule has 0 amide bonds. The van der Waals surface area contributed by atoms with E-state index in [-0.39, 0.29) is 5.78 Å². The van der Waals surface area contributed by atoms with Crippen molar-refractivity contribution < 1.29 is 9.53 Å². The van der Waals surface area contributed by atoms with Gasteiger partial charge in [-0.2, -0.15) is 0 Å². The molecule has 102 valence electrons. The lowest BCUT2D eigenvalue weighted by Crippen LogP contribution is -2.01. The minimum Gasteiger partial charge on any atom is -0.492 e. The Bertz CT molecular complexity index is 717. The molecule has 0 aromatic carbocycles. The molecule has 0 unspecified atom stereocenters. The van der Waals surface area contributed by atoms with Crippen molar-refractivity contribution in [3.05, 3.63) is 46.4 Å². The van der Waals surface area contributed by atoms with Gasteiger partial charge in [0.05, 0.1) is 17.7 Å². The van der Waals surface area contributed by atoms with E-state index in [2.05, 4.69) is 4.98 Å². The quantitative estimate of drug-likeness (QED) is 0.657. The highest BCUT2D eigenvalue weighted by Crippen LogP contribution is 2.31. The Labute approximate surface area is 124 Å². The van der Waals surface area contributed by atoms with Crippen LogP contribution in [0.2, 0.25) is 0 Å². The maximum atomic E-state index is 12.5. The molecular formula is C15H13NO2S2. The number of carbonyl (C=O) groups excluding carboxylic acids is 1. The second kappa shape index (κ2) is 5.73. The van der Waals surface area contributed by atoms with Gasteiger partial charge in [0.15, 0.2) is 0 Å². The summed E-state index contributed by atoms with van der Waals surface area (Å²) in [5, 5.41) is 2.04. The van der Waals surface area contributed by atoms with E-state index in [0.29, 0.717) is 17.9 Å².